The SMILES string of the molecule is CN(c1cc(-c2ccccc2)c2ncn(C)c2c1)c1ccnc(NCC2CCN(N(CC=O)C(=O)O)CC2)n1. The number of aromatic nitrogens is 4. The van der Waals surface area contributed by atoms with E-state index in [2.05, 4.69) is 39.6 Å². The molecule has 3 heterocycles. The number of fused-ring (bicyclic) bond motifs is 1. The molecule has 1 aliphatic heterocycles. The van der Waals surface area contributed by atoms with Gasteiger partial charge in [0.2, 0.25) is 5.95 Å². The van der Waals surface area contributed by atoms with Crippen LogP contribution in [-0.2, 0) is 11.8 Å². The molecule has 11 nitrogen and oxygen atoms in total. The number of aldehydes is 1. The van der Waals surface area contributed by atoms with Crippen LogP contribution in [0.15, 0.2) is 61.1 Å². The van der Waals surface area contributed by atoms with Crippen LogP contribution in [0.1, 0.15) is 12.8 Å². The number of hydrazine groups is 1. The zero-order valence-electron chi connectivity index (χ0n) is 22.1. The zero-order valence-corrected chi connectivity index (χ0v) is 22.1. The molecule has 202 valence electrons. The summed E-state index contributed by atoms with van der Waals surface area (Å²) < 4.78 is 2.02. The Morgan fingerprint density at radius 3 is 2.64 bits per heavy atom. The van der Waals surface area contributed by atoms with E-state index in [1.165, 1.54) is 0 Å². The number of hydrogen-bond acceptors (Lipinski definition) is 8. The molecule has 0 radical (unpaired) electrons. The predicted molar refractivity (Wildman–Crippen MR) is 150 cm³/mol. The number of rotatable bonds is 9. The lowest BCUT2D eigenvalue weighted by Gasteiger charge is -2.37. The lowest BCUT2D eigenvalue weighted by Crippen LogP contribution is -2.50. The highest BCUT2D eigenvalue weighted by Crippen LogP contribution is 2.34. The summed E-state index contributed by atoms with van der Waals surface area (Å²) in [5, 5.41) is 15.5. The molecule has 39 heavy (non-hydrogen) atoms. The molecule has 1 saturated heterocycles. The first-order valence-electron chi connectivity index (χ1n) is 12.9. The summed E-state index contributed by atoms with van der Waals surface area (Å²) in [7, 11) is 3.98. The molecule has 2 aromatic carbocycles. The maximum atomic E-state index is 11.4. The third-order valence-corrected chi connectivity index (χ3v) is 7.22. The van der Waals surface area contributed by atoms with E-state index in [-0.39, 0.29) is 6.54 Å². The second kappa shape index (κ2) is 11.5. The summed E-state index contributed by atoms with van der Waals surface area (Å²) in [6.07, 6.45) is 4.70. The fraction of sp³-hybridized carbons (Fsp3) is 0.321. The molecule has 5 rings (SSSR count). The predicted octanol–water partition coefficient (Wildman–Crippen LogP) is 4.02. The van der Waals surface area contributed by atoms with E-state index in [9.17, 15) is 14.7 Å². The van der Waals surface area contributed by atoms with E-state index in [4.69, 9.17) is 4.98 Å². The van der Waals surface area contributed by atoms with E-state index in [1.54, 1.807) is 11.2 Å². The third kappa shape index (κ3) is 5.68. The molecule has 0 spiro atoms. The zero-order chi connectivity index (χ0) is 27.4. The minimum absolute atomic E-state index is 0.146. The minimum Gasteiger partial charge on any atom is -0.464 e. The number of imidazole rings is 1. The van der Waals surface area contributed by atoms with Gasteiger partial charge in [-0.05, 0) is 42.5 Å². The molecule has 0 saturated carbocycles. The molecule has 1 amide bonds. The average Bonchev–Trinajstić information content (AvgIpc) is 3.35. The monoisotopic (exact) mass is 528 g/mol. The largest absolute Gasteiger partial charge is 0.464 e. The standard InChI is InChI=1S/C28H32N8O3/c1-33-19-31-26-23(21-6-4-3-5-7-21)16-22(17-24(26)33)34(2)25-8-11-29-27(32-25)30-18-20-9-12-35(13-10-20)36(14-15-37)28(38)39/h3-8,11,15-17,19-20H,9-10,12-14,18H2,1-2H3,(H,38,39)(H,29,30,32). The third-order valence-electron chi connectivity index (χ3n) is 7.22. The Kier molecular flexibility index (Phi) is 7.69. The molecule has 2 aromatic heterocycles. The van der Waals surface area contributed by atoms with Crippen LogP contribution in [0.5, 0.6) is 0 Å². The van der Waals surface area contributed by atoms with Gasteiger partial charge in [0.1, 0.15) is 12.1 Å². The first-order chi connectivity index (χ1) is 18.9. The van der Waals surface area contributed by atoms with Gasteiger partial charge in [-0.25, -0.2) is 24.8 Å². The lowest BCUT2D eigenvalue weighted by atomic mass is 9.98. The van der Waals surface area contributed by atoms with Crippen molar-refractivity contribution in [3.63, 3.8) is 0 Å². The van der Waals surface area contributed by atoms with Crippen LogP contribution in [0, 0.1) is 5.92 Å². The van der Waals surface area contributed by atoms with Gasteiger partial charge in [0, 0.05) is 51.2 Å². The molecule has 0 bridgehead atoms. The van der Waals surface area contributed by atoms with Crippen molar-refractivity contribution in [3.05, 3.63) is 61.1 Å². The van der Waals surface area contributed by atoms with Crippen molar-refractivity contribution in [1.82, 2.24) is 29.5 Å². The first-order valence-corrected chi connectivity index (χ1v) is 12.9. The molecule has 2 N–H and O–H groups in total. The summed E-state index contributed by atoms with van der Waals surface area (Å²) in [6, 6.07) is 16.4. The minimum atomic E-state index is -1.11. The van der Waals surface area contributed by atoms with Crippen LogP contribution >= 0.6 is 0 Å². The van der Waals surface area contributed by atoms with Gasteiger partial charge < -0.3 is 24.7 Å². The number of benzene rings is 2. The van der Waals surface area contributed by atoms with E-state index in [0.717, 1.165) is 51.5 Å². The van der Waals surface area contributed by atoms with Crippen molar-refractivity contribution in [2.75, 3.05) is 43.4 Å². The highest BCUT2D eigenvalue weighted by molar-refractivity contribution is 5.95. The number of hydrogen-bond donors (Lipinski definition) is 2. The van der Waals surface area contributed by atoms with Crippen LogP contribution in [0.2, 0.25) is 0 Å². The van der Waals surface area contributed by atoms with Crippen molar-refractivity contribution < 1.29 is 14.7 Å². The fourth-order valence-corrected chi connectivity index (χ4v) is 4.99. The Morgan fingerprint density at radius 1 is 1.15 bits per heavy atom. The van der Waals surface area contributed by atoms with Gasteiger partial charge in [-0.15, -0.1) is 0 Å². The maximum Gasteiger partial charge on any atom is 0.422 e. The second-order valence-corrected chi connectivity index (χ2v) is 9.69. The van der Waals surface area contributed by atoms with Crippen LogP contribution in [-0.4, -0.2) is 80.2 Å². The Labute approximate surface area is 226 Å². The number of anilines is 3. The van der Waals surface area contributed by atoms with Gasteiger partial charge in [0.05, 0.1) is 23.9 Å². The van der Waals surface area contributed by atoms with Gasteiger partial charge in [-0.3, -0.25) is 0 Å². The van der Waals surface area contributed by atoms with E-state index in [1.807, 2.05) is 54.2 Å². The van der Waals surface area contributed by atoms with E-state index >= 15 is 0 Å². The quantitative estimate of drug-likeness (QED) is 0.310. The highest BCUT2D eigenvalue weighted by Gasteiger charge is 2.26. The Morgan fingerprint density at radius 2 is 1.92 bits per heavy atom. The number of nitrogens with one attached hydrogen (secondary N) is 1. The van der Waals surface area contributed by atoms with Gasteiger partial charge in [0.15, 0.2) is 0 Å². The Bertz CT molecular complexity index is 1450. The molecular formula is C28H32N8O3. The number of carbonyl (C=O) groups is 2. The lowest BCUT2D eigenvalue weighted by molar-refractivity contribution is -0.113. The number of aryl methyl sites for hydroxylation is 1. The van der Waals surface area contributed by atoms with Crippen molar-refractivity contribution in [3.8, 4) is 11.1 Å². The molecule has 0 aliphatic carbocycles. The normalized spacial score (nSPS) is 14.3. The number of piperidine rings is 1. The van der Waals surface area contributed by atoms with Crippen LogP contribution in [0.4, 0.5) is 22.2 Å². The summed E-state index contributed by atoms with van der Waals surface area (Å²) in [6.45, 7) is 1.69. The highest BCUT2D eigenvalue weighted by atomic mass is 16.4. The molecular weight excluding hydrogens is 496 g/mol. The maximum absolute atomic E-state index is 11.4. The van der Waals surface area contributed by atoms with E-state index < -0.39 is 6.09 Å². The van der Waals surface area contributed by atoms with Crippen molar-refractivity contribution in [1.29, 1.82) is 0 Å². The molecule has 1 fully saturated rings. The van der Waals surface area contributed by atoms with Crippen molar-refractivity contribution in [2.45, 2.75) is 12.8 Å². The van der Waals surface area contributed by atoms with Gasteiger partial charge >= 0.3 is 6.09 Å². The van der Waals surface area contributed by atoms with E-state index in [0.29, 0.717) is 37.8 Å². The Hall–Kier alpha value is -4.51. The van der Waals surface area contributed by atoms with Crippen LogP contribution < -0.4 is 10.2 Å². The summed E-state index contributed by atoms with van der Waals surface area (Å²) in [5.41, 5.74) is 5.13. The number of nitrogens with zero attached hydrogens (tertiary/aromatic N) is 7. The van der Waals surface area contributed by atoms with Crippen molar-refractivity contribution in [2.24, 2.45) is 13.0 Å². The van der Waals surface area contributed by atoms with Crippen molar-refractivity contribution >= 4 is 40.9 Å². The smallest absolute Gasteiger partial charge is 0.422 e. The number of carboxylic acid groups (broad SMARTS) is 1. The second-order valence-electron chi connectivity index (χ2n) is 9.69. The molecule has 11 heteroatoms. The van der Waals surface area contributed by atoms with Crippen LogP contribution in [0.25, 0.3) is 22.2 Å². The Balaban J connectivity index is 1.28. The topological polar surface area (TPSA) is 120 Å². The van der Waals surface area contributed by atoms with Gasteiger partial charge in [0.25, 0.3) is 0 Å². The van der Waals surface area contributed by atoms with Gasteiger partial charge in [-0.2, -0.15) is 4.98 Å². The summed E-state index contributed by atoms with van der Waals surface area (Å²) in [5.74, 6) is 1.65. The fourth-order valence-electron chi connectivity index (χ4n) is 4.99. The number of amides is 1. The summed E-state index contributed by atoms with van der Waals surface area (Å²) in [4.78, 5) is 38.1. The molecule has 4 aromatic rings. The molecule has 1 aliphatic rings. The van der Waals surface area contributed by atoms with Gasteiger partial charge in [-0.1, -0.05) is 30.3 Å². The average molecular weight is 529 g/mol. The number of carbonyl (C=O) groups excluding carboxylic acids is 1. The molecule has 0 atom stereocenters. The first kappa shape index (κ1) is 26.1. The van der Waals surface area contributed by atoms with Crippen LogP contribution in [0.3, 0.4) is 0 Å². The molecule has 0 unspecified atom stereocenters. The summed E-state index contributed by atoms with van der Waals surface area (Å²) >= 11 is 0.